The van der Waals surface area contributed by atoms with Crippen LogP contribution in [0.2, 0.25) is 0 Å². The summed E-state index contributed by atoms with van der Waals surface area (Å²) in [5, 5.41) is 12.9. The maximum absolute atomic E-state index is 9.26. The molecule has 2 N–H and O–H groups in total. The molecule has 2 fully saturated rings. The number of aliphatic hydroxyl groups excluding tert-OH is 1. The van der Waals surface area contributed by atoms with Crippen molar-refractivity contribution in [2.75, 3.05) is 36.5 Å². The molecule has 5 heteroatoms. The number of aliphatic hydroxyl groups is 1. The van der Waals surface area contributed by atoms with Crippen molar-refractivity contribution in [1.82, 2.24) is 4.98 Å². The van der Waals surface area contributed by atoms with Gasteiger partial charge in [-0.2, -0.15) is 0 Å². The Balaban J connectivity index is 1.70. The topological polar surface area (TPSA) is 57.6 Å². The van der Waals surface area contributed by atoms with Gasteiger partial charge in [-0.1, -0.05) is 0 Å². The number of piperidine rings is 1. The molecule has 3 heterocycles. The van der Waals surface area contributed by atoms with Crippen molar-refractivity contribution in [3.05, 3.63) is 18.3 Å². The molecule has 0 unspecified atom stereocenters. The van der Waals surface area contributed by atoms with E-state index in [9.17, 15) is 5.11 Å². The van der Waals surface area contributed by atoms with Gasteiger partial charge in [0.25, 0.3) is 0 Å². The summed E-state index contributed by atoms with van der Waals surface area (Å²) in [4.78, 5) is 6.91. The monoisotopic (exact) mass is 291 g/mol. The van der Waals surface area contributed by atoms with E-state index in [1.807, 2.05) is 12.3 Å². The van der Waals surface area contributed by atoms with Crippen molar-refractivity contribution < 1.29 is 9.84 Å². The highest BCUT2D eigenvalue weighted by Gasteiger charge is 2.26. The quantitative estimate of drug-likeness (QED) is 0.887. The molecule has 0 aliphatic carbocycles. The number of pyridine rings is 1. The van der Waals surface area contributed by atoms with Crippen LogP contribution in [0.15, 0.2) is 18.3 Å². The van der Waals surface area contributed by atoms with E-state index < -0.39 is 0 Å². The molecule has 116 valence electrons. The number of aromatic nitrogens is 1. The number of nitrogens with zero attached hydrogens (tertiary/aromatic N) is 2. The minimum atomic E-state index is 0.248. The lowest BCUT2D eigenvalue weighted by molar-refractivity contribution is 0.121. The zero-order chi connectivity index (χ0) is 14.7. The van der Waals surface area contributed by atoms with Gasteiger partial charge in [-0.3, -0.25) is 0 Å². The van der Waals surface area contributed by atoms with Gasteiger partial charge in [-0.05, 0) is 44.2 Å². The van der Waals surface area contributed by atoms with Crippen LogP contribution in [0.1, 0.15) is 26.2 Å². The van der Waals surface area contributed by atoms with Crippen molar-refractivity contribution in [3.63, 3.8) is 0 Å². The van der Waals surface area contributed by atoms with E-state index in [0.29, 0.717) is 18.6 Å². The van der Waals surface area contributed by atoms with Crippen molar-refractivity contribution in [2.45, 2.75) is 38.3 Å². The molecule has 0 amide bonds. The second-order valence-corrected chi connectivity index (χ2v) is 6.10. The van der Waals surface area contributed by atoms with Crippen LogP contribution in [-0.2, 0) is 4.74 Å². The third-order valence-electron chi connectivity index (χ3n) is 4.68. The molecule has 1 aromatic rings. The number of rotatable bonds is 4. The molecule has 3 rings (SSSR count). The lowest BCUT2D eigenvalue weighted by Crippen LogP contribution is -2.36. The zero-order valence-corrected chi connectivity index (χ0v) is 12.7. The first-order valence-corrected chi connectivity index (χ1v) is 7.97. The van der Waals surface area contributed by atoms with Crippen LogP contribution in [0, 0.1) is 5.92 Å². The first kappa shape index (κ1) is 14.6. The molecule has 0 aromatic carbocycles. The van der Waals surface area contributed by atoms with E-state index in [4.69, 9.17) is 4.74 Å². The number of ether oxygens (including phenoxy) is 1. The third kappa shape index (κ3) is 3.30. The highest BCUT2D eigenvalue weighted by Crippen LogP contribution is 2.29. The molecule has 5 nitrogen and oxygen atoms in total. The molecular formula is C16H25N3O2. The average molecular weight is 291 g/mol. The van der Waals surface area contributed by atoms with Crippen molar-refractivity contribution in [3.8, 4) is 0 Å². The van der Waals surface area contributed by atoms with Crippen LogP contribution in [-0.4, -0.2) is 48.5 Å². The summed E-state index contributed by atoms with van der Waals surface area (Å²) < 4.78 is 5.63. The maximum Gasteiger partial charge on any atom is 0.151 e. The van der Waals surface area contributed by atoms with E-state index in [1.54, 1.807) is 0 Å². The Hall–Kier alpha value is -1.33. The Labute approximate surface area is 126 Å². The summed E-state index contributed by atoms with van der Waals surface area (Å²) in [6, 6.07) is 4.45. The largest absolute Gasteiger partial charge is 0.396 e. The van der Waals surface area contributed by atoms with Crippen molar-refractivity contribution >= 4 is 11.5 Å². The third-order valence-corrected chi connectivity index (χ3v) is 4.68. The average Bonchev–Trinajstić information content (AvgIpc) is 2.93. The van der Waals surface area contributed by atoms with Crippen LogP contribution >= 0.6 is 0 Å². The molecule has 1 aromatic heterocycles. The van der Waals surface area contributed by atoms with Gasteiger partial charge in [0.15, 0.2) is 5.82 Å². The normalized spacial score (nSPS) is 27.0. The summed E-state index contributed by atoms with van der Waals surface area (Å²) in [6.45, 7) is 5.18. The smallest absolute Gasteiger partial charge is 0.151 e. The van der Waals surface area contributed by atoms with E-state index in [1.165, 1.54) is 0 Å². The molecule has 21 heavy (non-hydrogen) atoms. The second kappa shape index (κ2) is 6.62. The zero-order valence-electron chi connectivity index (χ0n) is 12.7. The number of hydrogen-bond acceptors (Lipinski definition) is 5. The van der Waals surface area contributed by atoms with Crippen LogP contribution in [0.3, 0.4) is 0 Å². The van der Waals surface area contributed by atoms with E-state index >= 15 is 0 Å². The SMILES string of the molecule is C[C@@H]1OCC[C@@H]1Nc1cccnc1N1CCC(CO)CC1. The minimum Gasteiger partial charge on any atom is -0.396 e. The first-order valence-electron chi connectivity index (χ1n) is 7.97. The van der Waals surface area contributed by atoms with Crippen LogP contribution < -0.4 is 10.2 Å². The van der Waals surface area contributed by atoms with Gasteiger partial charge in [0.1, 0.15) is 0 Å². The van der Waals surface area contributed by atoms with Crippen LogP contribution in [0.4, 0.5) is 11.5 Å². The summed E-state index contributed by atoms with van der Waals surface area (Å²) in [5.41, 5.74) is 1.10. The van der Waals surface area contributed by atoms with Crippen LogP contribution in [0.5, 0.6) is 0 Å². The summed E-state index contributed by atoms with van der Waals surface area (Å²) in [5.74, 6) is 1.48. The first-order chi connectivity index (χ1) is 10.3. The van der Waals surface area contributed by atoms with Gasteiger partial charge in [0.2, 0.25) is 0 Å². The predicted molar refractivity (Wildman–Crippen MR) is 83.7 cm³/mol. The Bertz CT molecular complexity index is 461. The molecule has 2 atom stereocenters. The Morgan fingerprint density at radius 3 is 2.86 bits per heavy atom. The van der Waals surface area contributed by atoms with E-state index in [0.717, 1.165) is 50.5 Å². The Morgan fingerprint density at radius 1 is 1.38 bits per heavy atom. The maximum atomic E-state index is 9.26. The van der Waals surface area contributed by atoms with Crippen molar-refractivity contribution in [1.29, 1.82) is 0 Å². The summed E-state index contributed by atoms with van der Waals surface area (Å²) >= 11 is 0. The highest BCUT2D eigenvalue weighted by atomic mass is 16.5. The standard InChI is InChI=1S/C16H25N3O2/c1-12-14(6-10-21-12)18-15-3-2-7-17-16(15)19-8-4-13(11-20)5-9-19/h2-3,7,12-14,18,20H,4-6,8-11H2,1H3/t12-,14-/m0/s1. The second-order valence-electron chi connectivity index (χ2n) is 6.10. The van der Waals surface area contributed by atoms with E-state index in [-0.39, 0.29) is 6.10 Å². The number of hydrogen-bond donors (Lipinski definition) is 2. The summed E-state index contributed by atoms with van der Waals surface area (Å²) in [6.07, 6.45) is 5.22. The van der Waals surface area contributed by atoms with Gasteiger partial charge in [-0.15, -0.1) is 0 Å². The molecule has 2 aliphatic rings. The van der Waals surface area contributed by atoms with Gasteiger partial charge in [0.05, 0.1) is 17.8 Å². The minimum absolute atomic E-state index is 0.248. The highest BCUT2D eigenvalue weighted by molar-refractivity contribution is 5.66. The molecule has 2 saturated heterocycles. The molecular weight excluding hydrogens is 266 g/mol. The molecule has 0 bridgehead atoms. The fourth-order valence-electron chi connectivity index (χ4n) is 3.21. The number of anilines is 2. The molecule has 0 saturated carbocycles. The lowest BCUT2D eigenvalue weighted by atomic mass is 9.98. The van der Waals surface area contributed by atoms with Crippen LogP contribution in [0.25, 0.3) is 0 Å². The van der Waals surface area contributed by atoms with Gasteiger partial charge in [0, 0.05) is 32.5 Å². The fraction of sp³-hybridized carbons (Fsp3) is 0.688. The number of nitrogens with one attached hydrogen (secondary N) is 1. The predicted octanol–water partition coefficient (Wildman–Crippen LogP) is 1.88. The molecule has 0 radical (unpaired) electrons. The Morgan fingerprint density at radius 2 is 2.19 bits per heavy atom. The molecule has 2 aliphatic heterocycles. The Kier molecular flexibility index (Phi) is 4.60. The van der Waals surface area contributed by atoms with Crippen molar-refractivity contribution in [2.24, 2.45) is 5.92 Å². The van der Waals surface area contributed by atoms with E-state index in [2.05, 4.69) is 28.2 Å². The van der Waals surface area contributed by atoms with Gasteiger partial charge >= 0.3 is 0 Å². The summed E-state index contributed by atoms with van der Waals surface area (Å²) in [7, 11) is 0. The lowest BCUT2D eigenvalue weighted by Gasteiger charge is -2.33. The van der Waals surface area contributed by atoms with Gasteiger partial charge in [-0.25, -0.2) is 4.98 Å². The van der Waals surface area contributed by atoms with Gasteiger partial charge < -0.3 is 20.1 Å². The fourth-order valence-corrected chi connectivity index (χ4v) is 3.21. The molecule has 0 spiro atoms.